The Kier molecular flexibility index (Phi) is 3.82. The summed E-state index contributed by atoms with van der Waals surface area (Å²) in [6.45, 7) is 8.12. The number of benzene rings is 1. The summed E-state index contributed by atoms with van der Waals surface area (Å²) in [5.74, 6) is 0. The second-order valence-electron chi connectivity index (χ2n) is 4.94. The fourth-order valence-electron chi connectivity index (χ4n) is 2.34. The SMILES string of the molecule is CNCc1cnn(Cc2cc(C)cc(C)c2)c1C. The number of hydrogen-bond donors (Lipinski definition) is 1. The Morgan fingerprint density at radius 2 is 1.78 bits per heavy atom. The topological polar surface area (TPSA) is 29.9 Å². The van der Waals surface area contributed by atoms with Crippen LogP contribution in [0.15, 0.2) is 24.4 Å². The molecule has 0 unspecified atom stereocenters. The third kappa shape index (κ3) is 2.79. The lowest BCUT2D eigenvalue weighted by Gasteiger charge is -2.08. The van der Waals surface area contributed by atoms with E-state index in [0.717, 1.165) is 13.1 Å². The molecule has 0 atom stereocenters. The van der Waals surface area contributed by atoms with Crippen LogP contribution in [0.3, 0.4) is 0 Å². The number of nitrogens with one attached hydrogen (secondary N) is 1. The van der Waals surface area contributed by atoms with E-state index in [0.29, 0.717) is 0 Å². The summed E-state index contributed by atoms with van der Waals surface area (Å²) < 4.78 is 2.07. The largest absolute Gasteiger partial charge is 0.316 e. The van der Waals surface area contributed by atoms with Crippen molar-refractivity contribution in [1.82, 2.24) is 15.1 Å². The molecule has 0 spiro atoms. The smallest absolute Gasteiger partial charge is 0.0662 e. The van der Waals surface area contributed by atoms with E-state index in [1.54, 1.807) is 0 Å². The van der Waals surface area contributed by atoms with Crippen LogP contribution in [0.5, 0.6) is 0 Å². The molecule has 3 nitrogen and oxygen atoms in total. The molecule has 0 saturated carbocycles. The van der Waals surface area contributed by atoms with Crippen LogP contribution >= 0.6 is 0 Å². The lowest BCUT2D eigenvalue weighted by atomic mass is 10.1. The zero-order valence-electron chi connectivity index (χ0n) is 11.6. The van der Waals surface area contributed by atoms with Crippen molar-refractivity contribution < 1.29 is 0 Å². The molecule has 1 aromatic heterocycles. The zero-order valence-corrected chi connectivity index (χ0v) is 11.6. The van der Waals surface area contributed by atoms with Crippen LogP contribution in [0.25, 0.3) is 0 Å². The minimum absolute atomic E-state index is 0.845. The minimum atomic E-state index is 0.845. The summed E-state index contributed by atoms with van der Waals surface area (Å²) in [7, 11) is 1.96. The van der Waals surface area contributed by atoms with Crippen LogP contribution < -0.4 is 5.32 Å². The van der Waals surface area contributed by atoms with Gasteiger partial charge >= 0.3 is 0 Å². The van der Waals surface area contributed by atoms with Crippen molar-refractivity contribution in [1.29, 1.82) is 0 Å². The zero-order chi connectivity index (χ0) is 13.1. The van der Waals surface area contributed by atoms with E-state index < -0.39 is 0 Å². The van der Waals surface area contributed by atoms with E-state index in [-0.39, 0.29) is 0 Å². The van der Waals surface area contributed by atoms with Gasteiger partial charge in [-0.15, -0.1) is 0 Å². The first-order chi connectivity index (χ1) is 8.60. The third-order valence-corrected chi connectivity index (χ3v) is 3.19. The fourth-order valence-corrected chi connectivity index (χ4v) is 2.34. The first-order valence-corrected chi connectivity index (χ1v) is 6.33. The highest BCUT2D eigenvalue weighted by molar-refractivity contribution is 5.29. The van der Waals surface area contributed by atoms with Gasteiger partial charge in [0.15, 0.2) is 0 Å². The molecule has 3 heteroatoms. The monoisotopic (exact) mass is 243 g/mol. The van der Waals surface area contributed by atoms with Gasteiger partial charge in [-0.1, -0.05) is 29.3 Å². The average molecular weight is 243 g/mol. The molecule has 0 saturated heterocycles. The molecule has 18 heavy (non-hydrogen) atoms. The van der Waals surface area contributed by atoms with Crippen LogP contribution in [0.2, 0.25) is 0 Å². The highest BCUT2D eigenvalue weighted by Gasteiger charge is 2.06. The van der Waals surface area contributed by atoms with Gasteiger partial charge in [-0.3, -0.25) is 4.68 Å². The second kappa shape index (κ2) is 5.36. The van der Waals surface area contributed by atoms with Gasteiger partial charge in [0, 0.05) is 17.8 Å². The van der Waals surface area contributed by atoms with E-state index >= 15 is 0 Å². The number of rotatable bonds is 4. The molecule has 2 rings (SSSR count). The quantitative estimate of drug-likeness (QED) is 0.894. The molecular formula is C15H21N3. The van der Waals surface area contributed by atoms with E-state index in [2.05, 4.69) is 54.1 Å². The third-order valence-electron chi connectivity index (χ3n) is 3.19. The van der Waals surface area contributed by atoms with Gasteiger partial charge < -0.3 is 5.32 Å². The lowest BCUT2D eigenvalue weighted by molar-refractivity contribution is 0.661. The van der Waals surface area contributed by atoms with Gasteiger partial charge in [-0.05, 0) is 33.4 Å². The first-order valence-electron chi connectivity index (χ1n) is 6.33. The van der Waals surface area contributed by atoms with Gasteiger partial charge in [-0.25, -0.2) is 0 Å². The Morgan fingerprint density at radius 1 is 1.11 bits per heavy atom. The van der Waals surface area contributed by atoms with Crippen molar-refractivity contribution in [2.24, 2.45) is 0 Å². The maximum atomic E-state index is 4.47. The van der Waals surface area contributed by atoms with Crippen LogP contribution in [-0.2, 0) is 13.1 Å². The van der Waals surface area contributed by atoms with Gasteiger partial charge in [0.1, 0.15) is 0 Å². The molecule has 0 aliphatic heterocycles. The molecular weight excluding hydrogens is 222 g/mol. The molecule has 0 aliphatic rings. The predicted molar refractivity (Wildman–Crippen MR) is 74.7 cm³/mol. The van der Waals surface area contributed by atoms with E-state index in [4.69, 9.17) is 0 Å². The number of aromatic nitrogens is 2. The van der Waals surface area contributed by atoms with Crippen molar-refractivity contribution in [3.63, 3.8) is 0 Å². The summed E-state index contributed by atoms with van der Waals surface area (Å²) in [5, 5.41) is 7.63. The van der Waals surface area contributed by atoms with Crippen molar-refractivity contribution in [3.05, 3.63) is 52.3 Å². The normalized spacial score (nSPS) is 10.9. The molecule has 0 bridgehead atoms. The fraction of sp³-hybridized carbons (Fsp3) is 0.400. The van der Waals surface area contributed by atoms with Crippen LogP contribution in [-0.4, -0.2) is 16.8 Å². The van der Waals surface area contributed by atoms with Gasteiger partial charge in [0.05, 0.1) is 12.7 Å². The van der Waals surface area contributed by atoms with Crippen molar-refractivity contribution in [2.45, 2.75) is 33.9 Å². The Hall–Kier alpha value is -1.61. The van der Waals surface area contributed by atoms with E-state index in [9.17, 15) is 0 Å². The first kappa shape index (κ1) is 12.8. The molecule has 96 valence electrons. The Bertz CT molecular complexity index is 520. The summed E-state index contributed by atoms with van der Waals surface area (Å²) in [5.41, 5.74) is 6.44. The predicted octanol–water partition coefficient (Wildman–Crippen LogP) is 2.58. The summed E-state index contributed by atoms with van der Waals surface area (Å²) >= 11 is 0. The van der Waals surface area contributed by atoms with E-state index in [1.165, 1.54) is 27.9 Å². The molecule has 0 amide bonds. The molecule has 0 fully saturated rings. The standard InChI is InChI=1S/C15H21N3/c1-11-5-12(2)7-14(6-11)10-18-13(3)15(8-16-4)9-17-18/h5-7,9,16H,8,10H2,1-4H3. The second-order valence-corrected chi connectivity index (χ2v) is 4.94. The minimum Gasteiger partial charge on any atom is -0.316 e. The maximum Gasteiger partial charge on any atom is 0.0662 e. The maximum absolute atomic E-state index is 4.47. The average Bonchev–Trinajstić information content (AvgIpc) is 2.61. The summed E-state index contributed by atoms with van der Waals surface area (Å²) in [6, 6.07) is 6.66. The summed E-state index contributed by atoms with van der Waals surface area (Å²) in [6.07, 6.45) is 1.95. The number of nitrogens with zero attached hydrogens (tertiary/aromatic N) is 2. The van der Waals surface area contributed by atoms with Crippen LogP contribution in [0.4, 0.5) is 0 Å². The molecule has 2 aromatic rings. The van der Waals surface area contributed by atoms with Crippen molar-refractivity contribution in [2.75, 3.05) is 7.05 Å². The molecule has 1 aromatic carbocycles. The van der Waals surface area contributed by atoms with Gasteiger partial charge in [-0.2, -0.15) is 5.10 Å². The number of hydrogen-bond acceptors (Lipinski definition) is 2. The van der Waals surface area contributed by atoms with Crippen molar-refractivity contribution in [3.8, 4) is 0 Å². The lowest BCUT2D eigenvalue weighted by Crippen LogP contribution is -2.08. The van der Waals surface area contributed by atoms with Crippen LogP contribution in [0, 0.1) is 20.8 Å². The molecule has 0 aliphatic carbocycles. The Balaban J connectivity index is 2.23. The Labute approximate surface area is 109 Å². The highest BCUT2D eigenvalue weighted by Crippen LogP contribution is 2.13. The Morgan fingerprint density at radius 3 is 2.39 bits per heavy atom. The van der Waals surface area contributed by atoms with Gasteiger partial charge in [0.25, 0.3) is 0 Å². The number of aryl methyl sites for hydroxylation is 2. The molecule has 0 radical (unpaired) electrons. The van der Waals surface area contributed by atoms with Gasteiger partial charge in [0.2, 0.25) is 0 Å². The molecule has 1 heterocycles. The van der Waals surface area contributed by atoms with Crippen molar-refractivity contribution >= 4 is 0 Å². The molecule has 1 N–H and O–H groups in total. The summed E-state index contributed by atoms with van der Waals surface area (Å²) in [4.78, 5) is 0. The highest BCUT2D eigenvalue weighted by atomic mass is 15.3. The van der Waals surface area contributed by atoms with Crippen LogP contribution in [0.1, 0.15) is 27.9 Å². The van der Waals surface area contributed by atoms with E-state index in [1.807, 2.05) is 13.2 Å².